The Morgan fingerprint density at radius 1 is 1.12 bits per heavy atom. The summed E-state index contributed by atoms with van der Waals surface area (Å²) in [5.74, 6) is -0.999. The van der Waals surface area contributed by atoms with Gasteiger partial charge in [-0.3, -0.25) is 4.79 Å². The van der Waals surface area contributed by atoms with Gasteiger partial charge in [0.15, 0.2) is 0 Å². The maximum Gasteiger partial charge on any atom is 0.418 e. The van der Waals surface area contributed by atoms with Crippen LogP contribution in [0.4, 0.5) is 23.7 Å². The lowest BCUT2D eigenvalue weighted by molar-refractivity contribution is -0.137. The van der Waals surface area contributed by atoms with Gasteiger partial charge in [-0.05, 0) is 37.8 Å². The molecule has 136 valence electrons. The summed E-state index contributed by atoms with van der Waals surface area (Å²) in [6, 6.07) is 4.92. The lowest BCUT2D eigenvalue weighted by Gasteiger charge is -2.32. The van der Waals surface area contributed by atoms with E-state index < -0.39 is 23.6 Å². The third-order valence-corrected chi connectivity index (χ3v) is 4.47. The predicted molar refractivity (Wildman–Crippen MR) is 85.9 cm³/mol. The van der Waals surface area contributed by atoms with Crippen molar-refractivity contribution in [3.63, 3.8) is 0 Å². The largest absolute Gasteiger partial charge is 0.418 e. The molecule has 0 bridgehead atoms. The third kappa shape index (κ3) is 4.43. The molecule has 1 atom stereocenters. The number of benzene rings is 1. The van der Waals surface area contributed by atoms with Crippen molar-refractivity contribution in [3.8, 4) is 0 Å². The summed E-state index contributed by atoms with van der Waals surface area (Å²) in [4.78, 5) is 26.1. The van der Waals surface area contributed by atoms with E-state index in [1.807, 2.05) is 0 Å². The number of likely N-dealkylation sites (tertiary alicyclic amines) is 1. The zero-order valence-electron chi connectivity index (χ0n) is 13.6. The fourth-order valence-corrected chi connectivity index (χ4v) is 2.94. The molecule has 1 aliphatic carbocycles. The Bertz CT molecular complexity index is 659. The first-order valence-electron chi connectivity index (χ1n) is 8.37. The van der Waals surface area contributed by atoms with Crippen LogP contribution in [0, 0.1) is 5.92 Å². The van der Waals surface area contributed by atoms with E-state index in [1.165, 1.54) is 18.2 Å². The number of anilines is 1. The molecule has 2 fully saturated rings. The highest BCUT2D eigenvalue weighted by Gasteiger charge is 2.35. The summed E-state index contributed by atoms with van der Waals surface area (Å²) in [5.41, 5.74) is -1.12. The molecule has 5 nitrogen and oxygen atoms in total. The number of halogens is 3. The third-order valence-electron chi connectivity index (χ3n) is 4.47. The summed E-state index contributed by atoms with van der Waals surface area (Å²) < 4.78 is 39.1. The Hall–Kier alpha value is -2.25. The fourth-order valence-electron chi connectivity index (χ4n) is 2.94. The molecule has 1 heterocycles. The minimum atomic E-state index is -4.54. The standard InChI is InChI=1S/C17H20F3N3O2/c18-17(19,20)13-5-1-2-6-14(13)22-15(24)11-4-3-9-23(10-11)16(25)21-12-7-8-12/h1-2,5-6,11-12H,3-4,7-10H2,(H,21,25)(H,22,24). The van der Waals surface area contributed by atoms with Gasteiger partial charge in [-0.1, -0.05) is 12.1 Å². The summed E-state index contributed by atoms with van der Waals surface area (Å²) in [6.07, 6.45) is -1.40. The molecule has 1 aliphatic heterocycles. The fraction of sp³-hybridized carbons (Fsp3) is 0.529. The van der Waals surface area contributed by atoms with Gasteiger partial charge in [0.25, 0.3) is 0 Å². The number of urea groups is 1. The topological polar surface area (TPSA) is 61.4 Å². The lowest BCUT2D eigenvalue weighted by Crippen LogP contribution is -2.48. The Labute approximate surface area is 143 Å². The maximum atomic E-state index is 13.0. The molecule has 25 heavy (non-hydrogen) atoms. The van der Waals surface area contributed by atoms with Crippen molar-refractivity contribution < 1.29 is 22.8 Å². The van der Waals surface area contributed by atoms with Crippen LogP contribution in [0.1, 0.15) is 31.2 Å². The quantitative estimate of drug-likeness (QED) is 0.875. The first-order valence-corrected chi connectivity index (χ1v) is 8.37. The monoisotopic (exact) mass is 355 g/mol. The van der Waals surface area contributed by atoms with Crippen LogP contribution in [0.2, 0.25) is 0 Å². The Kier molecular flexibility index (Phi) is 4.87. The Balaban J connectivity index is 1.64. The zero-order chi connectivity index (χ0) is 18.0. The first-order chi connectivity index (χ1) is 11.8. The number of nitrogens with one attached hydrogen (secondary N) is 2. The van der Waals surface area contributed by atoms with Crippen molar-refractivity contribution in [3.05, 3.63) is 29.8 Å². The summed E-state index contributed by atoms with van der Waals surface area (Å²) in [5, 5.41) is 5.25. The molecule has 1 aromatic carbocycles. The van der Waals surface area contributed by atoms with Crippen LogP contribution >= 0.6 is 0 Å². The van der Waals surface area contributed by atoms with E-state index in [2.05, 4.69) is 10.6 Å². The van der Waals surface area contributed by atoms with E-state index in [9.17, 15) is 22.8 Å². The highest BCUT2D eigenvalue weighted by Crippen LogP contribution is 2.35. The second kappa shape index (κ2) is 6.93. The van der Waals surface area contributed by atoms with Gasteiger partial charge in [0.05, 0.1) is 17.2 Å². The van der Waals surface area contributed by atoms with Crippen LogP contribution in [0.15, 0.2) is 24.3 Å². The van der Waals surface area contributed by atoms with Crippen molar-refractivity contribution in [2.45, 2.75) is 37.9 Å². The van der Waals surface area contributed by atoms with Crippen LogP contribution < -0.4 is 10.6 Å². The first kappa shape index (κ1) is 17.6. The number of carbonyl (C=O) groups excluding carboxylic acids is 2. The molecular weight excluding hydrogens is 335 g/mol. The maximum absolute atomic E-state index is 13.0. The van der Waals surface area contributed by atoms with E-state index in [-0.39, 0.29) is 24.3 Å². The van der Waals surface area contributed by atoms with Gasteiger partial charge >= 0.3 is 12.2 Å². The van der Waals surface area contributed by atoms with Gasteiger partial charge in [-0.2, -0.15) is 13.2 Å². The number of alkyl halides is 3. The molecule has 0 radical (unpaired) electrons. The van der Waals surface area contributed by atoms with Crippen molar-refractivity contribution in [2.24, 2.45) is 5.92 Å². The van der Waals surface area contributed by atoms with E-state index in [0.29, 0.717) is 19.4 Å². The van der Waals surface area contributed by atoms with Crippen molar-refractivity contribution >= 4 is 17.6 Å². The van der Waals surface area contributed by atoms with Gasteiger partial charge < -0.3 is 15.5 Å². The van der Waals surface area contributed by atoms with Crippen LogP contribution in [0.5, 0.6) is 0 Å². The van der Waals surface area contributed by atoms with E-state index >= 15 is 0 Å². The van der Waals surface area contributed by atoms with Gasteiger partial charge in [0.2, 0.25) is 5.91 Å². The van der Waals surface area contributed by atoms with Crippen molar-refractivity contribution in [1.29, 1.82) is 0 Å². The molecule has 0 aromatic heterocycles. The summed E-state index contributed by atoms with van der Waals surface area (Å²) in [6.45, 7) is 0.778. The average molecular weight is 355 g/mol. The number of para-hydroxylation sites is 1. The highest BCUT2D eigenvalue weighted by atomic mass is 19.4. The average Bonchev–Trinajstić information content (AvgIpc) is 3.38. The predicted octanol–water partition coefficient (Wildman–Crippen LogP) is 3.23. The van der Waals surface area contributed by atoms with Crippen LogP contribution in [-0.2, 0) is 11.0 Å². The SMILES string of the molecule is O=C(Nc1ccccc1C(F)(F)F)C1CCCN(C(=O)NC2CC2)C1. The van der Waals surface area contributed by atoms with Crippen LogP contribution in [0.25, 0.3) is 0 Å². The second-order valence-corrected chi connectivity index (χ2v) is 6.54. The molecule has 0 spiro atoms. The normalized spacial score (nSPS) is 20.9. The van der Waals surface area contributed by atoms with Crippen molar-refractivity contribution in [1.82, 2.24) is 10.2 Å². The molecule has 1 saturated heterocycles. The molecule has 2 N–H and O–H groups in total. The number of hydrogen-bond acceptors (Lipinski definition) is 2. The zero-order valence-corrected chi connectivity index (χ0v) is 13.6. The number of carbonyl (C=O) groups is 2. The Morgan fingerprint density at radius 2 is 1.84 bits per heavy atom. The van der Waals surface area contributed by atoms with Gasteiger partial charge in [0, 0.05) is 19.1 Å². The molecule has 1 saturated carbocycles. The minimum absolute atomic E-state index is 0.198. The summed E-state index contributed by atoms with van der Waals surface area (Å²) in [7, 11) is 0. The number of hydrogen-bond donors (Lipinski definition) is 2. The number of piperidine rings is 1. The smallest absolute Gasteiger partial charge is 0.335 e. The molecule has 8 heteroatoms. The van der Waals surface area contributed by atoms with E-state index in [4.69, 9.17) is 0 Å². The number of nitrogens with zero attached hydrogens (tertiary/aromatic N) is 1. The second-order valence-electron chi connectivity index (χ2n) is 6.54. The van der Waals surface area contributed by atoms with Gasteiger partial charge in [-0.25, -0.2) is 4.79 Å². The minimum Gasteiger partial charge on any atom is -0.335 e. The molecule has 2 aliphatic rings. The van der Waals surface area contributed by atoms with Crippen LogP contribution in [0.3, 0.4) is 0 Å². The molecule has 3 amide bonds. The molecule has 1 unspecified atom stereocenters. The molecule has 3 rings (SSSR count). The van der Waals surface area contributed by atoms with E-state index in [1.54, 1.807) is 4.90 Å². The van der Waals surface area contributed by atoms with Gasteiger partial charge in [0.1, 0.15) is 0 Å². The Morgan fingerprint density at radius 3 is 2.52 bits per heavy atom. The molecular formula is C17H20F3N3O2. The summed E-state index contributed by atoms with van der Waals surface area (Å²) >= 11 is 0. The highest BCUT2D eigenvalue weighted by molar-refractivity contribution is 5.94. The van der Waals surface area contributed by atoms with Gasteiger partial charge in [-0.15, -0.1) is 0 Å². The number of rotatable bonds is 3. The van der Waals surface area contributed by atoms with E-state index in [0.717, 1.165) is 18.9 Å². The lowest BCUT2D eigenvalue weighted by atomic mass is 9.97. The van der Waals surface area contributed by atoms with Crippen molar-refractivity contribution in [2.75, 3.05) is 18.4 Å². The molecule has 1 aromatic rings. The number of amides is 3. The van der Waals surface area contributed by atoms with Crippen LogP contribution in [-0.4, -0.2) is 36.0 Å².